The van der Waals surface area contributed by atoms with Crippen LogP contribution in [0.4, 0.5) is 0 Å². The van der Waals surface area contributed by atoms with Crippen LogP contribution >= 0.6 is 0 Å². The number of nitrogens with zero attached hydrogens (tertiary/aromatic N) is 1. The molecule has 1 rings (SSSR count). The van der Waals surface area contributed by atoms with Gasteiger partial charge in [0.05, 0.1) is 7.11 Å². The fraction of sp³-hybridized carbons (Fsp3) is 0.556. The van der Waals surface area contributed by atoms with Gasteiger partial charge in [0.15, 0.2) is 0 Å². The number of methoxy groups -OCH3 is 1. The molecule has 1 amide bonds. The van der Waals surface area contributed by atoms with E-state index in [2.05, 4.69) is 4.74 Å². The normalized spacial score (nSPS) is 21.4. The quantitative estimate of drug-likeness (QED) is 0.562. The van der Waals surface area contributed by atoms with Crippen LogP contribution in [0.3, 0.4) is 0 Å². The van der Waals surface area contributed by atoms with Crippen LogP contribution in [0.2, 0.25) is 0 Å². The molecule has 0 unspecified atom stereocenters. The van der Waals surface area contributed by atoms with E-state index in [9.17, 15) is 9.59 Å². The molecular weight excluding hydrogens is 170 g/mol. The summed E-state index contributed by atoms with van der Waals surface area (Å²) < 4.78 is 4.60. The first-order chi connectivity index (χ1) is 6.16. The number of rotatable bonds is 1. The van der Waals surface area contributed by atoms with Gasteiger partial charge >= 0.3 is 5.97 Å². The molecule has 0 saturated carbocycles. The monoisotopic (exact) mass is 183 g/mol. The molecule has 0 fully saturated rings. The van der Waals surface area contributed by atoms with Crippen molar-refractivity contribution in [3.05, 3.63) is 12.3 Å². The van der Waals surface area contributed by atoms with Gasteiger partial charge < -0.3 is 9.64 Å². The molecule has 1 aliphatic rings. The highest BCUT2D eigenvalue weighted by Crippen LogP contribution is 2.15. The van der Waals surface area contributed by atoms with Crippen LogP contribution in [0, 0.1) is 0 Å². The zero-order chi connectivity index (χ0) is 9.84. The zero-order valence-corrected chi connectivity index (χ0v) is 7.82. The smallest absolute Gasteiger partial charge is 0.328 e. The molecule has 72 valence electrons. The topological polar surface area (TPSA) is 46.6 Å². The molecule has 1 aliphatic heterocycles. The first-order valence-corrected chi connectivity index (χ1v) is 4.20. The maximum absolute atomic E-state index is 11.2. The van der Waals surface area contributed by atoms with Crippen molar-refractivity contribution in [3.63, 3.8) is 0 Å². The van der Waals surface area contributed by atoms with E-state index in [4.69, 9.17) is 0 Å². The Balaban J connectivity index is 2.77. The van der Waals surface area contributed by atoms with Gasteiger partial charge in [0.25, 0.3) is 0 Å². The lowest BCUT2D eigenvalue weighted by atomic mass is 10.1. The number of allylic oxidation sites excluding steroid dienone is 1. The maximum Gasteiger partial charge on any atom is 0.328 e. The summed E-state index contributed by atoms with van der Waals surface area (Å²) in [7, 11) is 1.33. The molecule has 0 aromatic heterocycles. The van der Waals surface area contributed by atoms with E-state index < -0.39 is 6.04 Å². The third-order valence-electron chi connectivity index (χ3n) is 2.05. The highest BCUT2D eigenvalue weighted by Gasteiger charge is 2.28. The van der Waals surface area contributed by atoms with Crippen LogP contribution in [-0.4, -0.2) is 29.9 Å². The van der Waals surface area contributed by atoms with E-state index in [0.29, 0.717) is 6.42 Å². The minimum absolute atomic E-state index is 0.133. The van der Waals surface area contributed by atoms with Crippen LogP contribution in [0.5, 0.6) is 0 Å². The summed E-state index contributed by atoms with van der Waals surface area (Å²) >= 11 is 0. The number of carbonyl (C=O) groups is 2. The van der Waals surface area contributed by atoms with Gasteiger partial charge in [-0.1, -0.05) is 6.08 Å². The maximum atomic E-state index is 11.2. The van der Waals surface area contributed by atoms with Crippen molar-refractivity contribution < 1.29 is 14.3 Å². The van der Waals surface area contributed by atoms with Gasteiger partial charge in [0.2, 0.25) is 5.91 Å². The molecule has 0 bridgehead atoms. The van der Waals surface area contributed by atoms with Crippen LogP contribution < -0.4 is 0 Å². The van der Waals surface area contributed by atoms with E-state index in [1.165, 1.54) is 18.9 Å². The second kappa shape index (κ2) is 4.07. The minimum atomic E-state index is -0.438. The minimum Gasteiger partial charge on any atom is -0.467 e. The van der Waals surface area contributed by atoms with Gasteiger partial charge in [-0.2, -0.15) is 0 Å². The second-order valence-electron chi connectivity index (χ2n) is 2.93. The van der Waals surface area contributed by atoms with Crippen LogP contribution in [-0.2, 0) is 14.3 Å². The third kappa shape index (κ3) is 2.08. The molecule has 4 nitrogen and oxygen atoms in total. The van der Waals surface area contributed by atoms with Gasteiger partial charge in [-0.25, -0.2) is 4.79 Å². The summed E-state index contributed by atoms with van der Waals surface area (Å²) in [5.74, 6) is -0.481. The first-order valence-electron chi connectivity index (χ1n) is 4.20. The van der Waals surface area contributed by atoms with Gasteiger partial charge in [-0.3, -0.25) is 4.79 Å². The average molecular weight is 183 g/mol. The number of ether oxygens (including phenoxy) is 1. The molecule has 4 heteroatoms. The fourth-order valence-corrected chi connectivity index (χ4v) is 1.38. The van der Waals surface area contributed by atoms with Gasteiger partial charge in [-0.15, -0.1) is 0 Å². The number of amides is 1. The molecule has 0 spiro atoms. The highest BCUT2D eigenvalue weighted by molar-refractivity contribution is 5.84. The SMILES string of the molecule is COC(=O)[C@@H]1CCC=CN1C(C)=O. The number of hydrogen-bond acceptors (Lipinski definition) is 3. The summed E-state index contributed by atoms with van der Waals surface area (Å²) in [6.07, 6.45) is 4.97. The Bertz CT molecular complexity index is 247. The number of carbonyl (C=O) groups excluding carboxylic acids is 2. The molecule has 0 radical (unpaired) electrons. The average Bonchev–Trinajstić information content (AvgIpc) is 2.16. The third-order valence-corrected chi connectivity index (χ3v) is 2.05. The van der Waals surface area contributed by atoms with Crippen molar-refractivity contribution >= 4 is 11.9 Å². The van der Waals surface area contributed by atoms with Crippen molar-refractivity contribution in [2.45, 2.75) is 25.8 Å². The lowest BCUT2D eigenvalue weighted by Crippen LogP contribution is -2.42. The fourth-order valence-electron chi connectivity index (χ4n) is 1.38. The standard InChI is InChI=1S/C9H13NO3/c1-7(11)10-6-4-3-5-8(10)9(12)13-2/h4,6,8H,3,5H2,1-2H3/t8-/m0/s1. The summed E-state index contributed by atoms with van der Waals surface area (Å²) in [4.78, 5) is 23.7. The highest BCUT2D eigenvalue weighted by atomic mass is 16.5. The van der Waals surface area contributed by atoms with E-state index in [0.717, 1.165) is 6.42 Å². The number of hydrogen-bond donors (Lipinski definition) is 0. The van der Waals surface area contributed by atoms with Gasteiger partial charge in [0, 0.05) is 13.1 Å². The van der Waals surface area contributed by atoms with Crippen molar-refractivity contribution in [1.29, 1.82) is 0 Å². The first kappa shape index (κ1) is 9.77. The lowest BCUT2D eigenvalue weighted by molar-refractivity contribution is -0.150. The molecule has 13 heavy (non-hydrogen) atoms. The molecule has 0 aromatic carbocycles. The number of esters is 1. The van der Waals surface area contributed by atoms with Crippen LogP contribution in [0.15, 0.2) is 12.3 Å². The molecule has 0 aliphatic carbocycles. The van der Waals surface area contributed by atoms with Gasteiger partial charge in [0.1, 0.15) is 6.04 Å². The van der Waals surface area contributed by atoms with E-state index >= 15 is 0 Å². The summed E-state index contributed by atoms with van der Waals surface area (Å²) in [5, 5.41) is 0. The summed E-state index contributed by atoms with van der Waals surface area (Å²) in [6, 6.07) is -0.438. The van der Waals surface area contributed by atoms with Crippen LogP contribution in [0.25, 0.3) is 0 Å². The Morgan fingerprint density at radius 3 is 2.77 bits per heavy atom. The lowest BCUT2D eigenvalue weighted by Gasteiger charge is -2.28. The van der Waals surface area contributed by atoms with Crippen molar-refractivity contribution in [2.24, 2.45) is 0 Å². The van der Waals surface area contributed by atoms with E-state index in [1.54, 1.807) is 6.20 Å². The second-order valence-corrected chi connectivity index (χ2v) is 2.93. The molecule has 0 N–H and O–H groups in total. The predicted octanol–water partition coefficient (Wildman–Crippen LogP) is 0.684. The zero-order valence-electron chi connectivity index (χ0n) is 7.82. The predicted molar refractivity (Wildman–Crippen MR) is 46.7 cm³/mol. The Labute approximate surface area is 77.2 Å². The van der Waals surface area contributed by atoms with Crippen molar-refractivity contribution in [1.82, 2.24) is 4.90 Å². The molecule has 1 heterocycles. The van der Waals surface area contributed by atoms with Crippen molar-refractivity contribution in [3.8, 4) is 0 Å². The Morgan fingerprint density at radius 2 is 2.23 bits per heavy atom. The summed E-state index contributed by atoms with van der Waals surface area (Å²) in [6.45, 7) is 1.44. The molecule has 0 saturated heterocycles. The largest absolute Gasteiger partial charge is 0.467 e. The van der Waals surface area contributed by atoms with Crippen molar-refractivity contribution in [2.75, 3.05) is 7.11 Å². The van der Waals surface area contributed by atoms with E-state index in [-0.39, 0.29) is 11.9 Å². The van der Waals surface area contributed by atoms with Crippen LogP contribution in [0.1, 0.15) is 19.8 Å². The Hall–Kier alpha value is -1.32. The molecule has 0 aromatic rings. The molecular formula is C9H13NO3. The Morgan fingerprint density at radius 1 is 1.54 bits per heavy atom. The Kier molecular flexibility index (Phi) is 3.06. The summed E-state index contributed by atoms with van der Waals surface area (Å²) in [5.41, 5.74) is 0. The van der Waals surface area contributed by atoms with E-state index in [1.807, 2.05) is 6.08 Å². The van der Waals surface area contributed by atoms with Gasteiger partial charge in [-0.05, 0) is 12.8 Å². The molecule has 1 atom stereocenters.